The largest absolute Gasteiger partial charge is 0.453 e. The van der Waals surface area contributed by atoms with Gasteiger partial charge >= 0.3 is 6.09 Å². The molecular weight excluding hydrogens is 232 g/mol. The van der Waals surface area contributed by atoms with Gasteiger partial charge in [-0.25, -0.2) is 4.79 Å². The lowest BCUT2D eigenvalue weighted by molar-refractivity contribution is -0.137. The Hall–Kier alpha value is -1.26. The summed E-state index contributed by atoms with van der Waals surface area (Å²) >= 11 is 0. The Morgan fingerprint density at radius 3 is 2.50 bits per heavy atom. The Morgan fingerprint density at radius 2 is 2.00 bits per heavy atom. The quantitative estimate of drug-likeness (QED) is 0.837. The second-order valence-electron chi connectivity index (χ2n) is 5.23. The van der Waals surface area contributed by atoms with E-state index in [0.29, 0.717) is 0 Å². The molecule has 2 unspecified atom stereocenters. The van der Waals surface area contributed by atoms with Crippen LogP contribution in [0.2, 0.25) is 0 Å². The van der Waals surface area contributed by atoms with E-state index in [1.165, 1.54) is 13.5 Å². The molecule has 1 aliphatic heterocycles. The summed E-state index contributed by atoms with van der Waals surface area (Å²) in [4.78, 5) is 25.6. The second-order valence-corrected chi connectivity index (χ2v) is 5.23. The molecule has 1 rings (SSSR count). The molecular formula is C13H24N2O3. The maximum absolute atomic E-state index is 12.5. The van der Waals surface area contributed by atoms with Gasteiger partial charge in [-0.3, -0.25) is 4.79 Å². The van der Waals surface area contributed by atoms with Gasteiger partial charge in [0.2, 0.25) is 5.91 Å². The summed E-state index contributed by atoms with van der Waals surface area (Å²) in [5.41, 5.74) is 0. The zero-order chi connectivity index (χ0) is 13.7. The minimum atomic E-state index is -0.549. The molecule has 1 N–H and O–H groups in total. The third-order valence-corrected chi connectivity index (χ3v) is 3.48. The fourth-order valence-electron chi connectivity index (χ4n) is 2.30. The number of amides is 2. The van der Waals surface area contributed by atoms with Crippen LogP contribution in [0.15, 0.2) is 0 Å². The minimum Gasteiger partial charge on any atom is -0.453 e. The standard InChI is InChI=1S/C13H24N2O3/c1-9(2)11(14-13(17)18-4)12(16)15-8-6-5-7-10(15)3/h9-11H,5-8H2,1-4H3,(H,14,17). The van der Waals surface area contributed by atoms with Crippen molar-refractivity contribution >= 4 is 12.0 Å². The normalized spacial score (nSPS) is 21.6. The second kappa shape index (κ2) is 6.61. The van der Waals surface area contributed by atoms with Crippen molar-refractivity contribution in [3.63, 3.8) is 0 Å². The number of rotatable bonds is 3. The first kappa shape index (κ1) is 14.8. The Bertz CT molecular complexity index is 305. The first-order chi connectivity index (χ1) is 8.47. The average molecular weight is 256 g/mol. The van der Waals surface area contributed by atoms with Crippen LogP contribution in [0.4, 0.5) is 4.79 Å². The number of carbonyl (C=O) groups is 2. The maximum atomic E-state index is 12.5. The highest BCUT2D eigenvalue weighted by molar-refractivity contribution is 5.86. The van der Waals surface area contributed by atoms with Gasteiger partial charge in [0, 0.05) is 12.6 Å². The Morgan fingerprint density at radius 1 is 1.33 bits per heavy atom. The molecule has 5 nitrogen and oxygen atoms in total. The Labute approximate surface area is 109 Å². The van der Waals surface area contributed by atoms with Crippen LogP contribution >= 0.6 is 0 Å². The van der Waals surface area contributed by atoms with E-state index in [1.807, 2.05) is 18.7 Å². The number of nitrogens with zero attached hydrogens (tertiary/aromatic N) is 1. The highest BCUT2D eigenvalue weighted by atomic mass is 16.5. The fourth-order valence-corrected chi connectivity index (χ4v) is 2.30. The average Bonchev–Trinajstić information content (AvgIpc) is 2.35. The van der Waals surface area contributed by atoms with E-state index in [2.05, 4.69) is 17.0 Å². The smallest absolute Gasteiger partial charge is 0.407 e. The monoisotopic (exact) mass is 256 g/mol. The van der Waals surface area contributed by atoms with Crippen molar-refractivity contribution in [2.24, 2.45) is 5.92 Å². The lowest BCUT2D eigenvalue weighted by Gasteiger charge is -2.36. The number of alkyl carbamates (subject to hydrolysis) is 1. The van der Waals surface area contributed by atoms with Crippen molar-refractivity contribution in [3.05, 3.63) is 0 Å². The molecule has 1 heterocycles. The van der Waals surface area contributed by atoms with Crippen LogP contribution in [-0.4, -0.2) is 42.6 Å². The molecule has 1 fully saturated rings. The lowest BCUT2D eigenvalue weighted by atomic mass is 9.98. The number of hydrogen-bond acceptors (Lipinski definition) is 3. The molecule has 1 saturated heterocycles. The molecule has 0 saturated carbocycles. The molecule has 2 amide bonds. The molecule has 0 spiro atoms. The molecule has 18 heavy (non-hydrogen) atoms. The zero-order valence-corrected chi connectivity index (χ0v) is 11.7. The van der Waals surface area contributed by atoms with Gasteiger partial charge in [0.15, 0.2) is 0 Å². The number of methoxy groups -OCH3 is 1. The molecule has 0 radical (unpaired) electrons. The molecule has 0 aromatic carbocycles. The predicted molar refractivity (Wildman–Crippen MR) is 69.2 cm³/mol. The van der Waals surface area contributed by atoms with Gasteiger partial charge in [0.05, 0.1) is 7.11 Å². The van der Waals surface area contributed by atoms with E-state index in [-0.39, 0.29) is 17.9 Å². The van der Waals surface area contributed by atoms with Gasteiger partial charge in [-0.05, 0) is 32.1 Å². The van der Waals surface area contributed by atoms with E-state index < -0.39 is 12.1 Å². The van der Waals surface area contributed by atoms with Gasteiger partial charge in [0.25, 0.3) is 0 Å². The van der Waals surface area contributed by atoms with Crippen molar-refractivity contribution in [1.82, 2.24) is 10.2 Å². The molecule has 1 aliphatic rings. The SMILES string of the molecule is COC(=O)NC(C(=O)N1CCCCC1C)C(C)C. The van der Waals surface area contributed by atoms with Crippen molar-refractivity contribution in [2.75, 3.05) is 13.7 Å². The summed E-state index contributed by atoms with van der Waals surface area (Å²) in [6.07, 6.45) is 2.70. The molecule has 104 valence electrons. The molecule has 0 aliphatic carbocycles. The highest BCUT2D eigenvalue weighted by Gasteiger charge is 2.32. The van der Waals surface area contributed by atoms with Crippen LogP contribution in [-0.2, 0) is 9.53 Å². The first-order valence-electron chi connectivity index (χ1n) is 6.62. The summed E-state index contributed by atoms with van der Waals surface area (Å²) in [7, 11) is 1.31. The molecule has 0 bridgehead atoms. The lowest BCUT2D eigenvalue weighted by Crippen LogP contribution is -2.54. The van der Waals surface area contributed by atoms with E-state index in [4.69, 9.17) is 0 Å². The van der Waals surface area contributed by atoms with Crippen LogP contribution < -0.4 is 5.32 Å². The summed E-state index contributed by atoms with van der Waals surface area (Å²) in [6.45, 7) is 6.69. The number of piperidine rings is 1. The number of hydrogen-bond donors (Lipinski definition) is 1. The van der Waals surface area contributed by atoms with Crippen molar-refractivity contribution in [2.45, 2.75) is 52.1 Å². The van der Waals surface area contributed by atoms with E-state index >= 15 is 0 Å². The van der Waals surface area contributed by atoms with E-state index in [0.717, 1.165) is 19.4 Å². The number of likely N-dealkylation sites (tertiary alicyclic amines) is 1. The van der Waals surface area contributed by atoms with E-state index in [9.17, 15) is 9.59 Å². The van der Waals surface area contributed by atoms with Crippen LogP contribution in [0.3, 0.4) is 0 Å². The number of carbonyl (C=O) groups excluding carboxylic acids is 2. The summed E-state index contributed by atoms with van der Waals surface area (Å²) in [6, 6.07) is -0.245. The number of nitrogens with one attached hydrogen (secondary N) is 1. The van der Waals surface area contributed by atoms with Crippen molar-refractivity contribution < 1.29 is 14.3 Å². The van der Waals surface area contributed by atoms with Crippen LogP contribution in [0.1, 0.15) is 40.0 Å². The summed E-state index contributed by atoms with van der Waals surface area (Å²) < 4.78 is 4.57. The van der Waals surface area contributed by atoms with Gasteiger partial charge in [-0.15, -0.1) is 0 Å². The molecule has 5 heteroatoms. The van der Waals surface area contributed by atoms with Gasteiger partial charge in [-0.2, -0.15) is 0 Å². The van der Waals surface area contributed by atoms with Crippen LogP contribution in [0.5, 0.6) is 0 Å². The Kier molecular flexibility index (Phi) is 5.44. The van der Waals surface area contributed by atoms with Crippen LogP contribution in [0, 0.1) is 5.92 Å². The third-order valence-electron chi connectivity index (χ3n) is 3.48. The van der Waals surface area contributed by atoms with Gasteiger partial charge in [0.1, 0.15) is 6.04 Å². The minimum absolute atomic E-state index is 0.00241. The van der Waals surface area contributed by atoms with Gasteiger partial charge < -0.3 is 15.0 Å². The first-order valence-corrected chi connectivity index (χ1v) is 6.62. The molecule has 0 aromatic rings. The van der Waals surface area contributed by atoms with Crippen LogP contribution in [0.25, 0.3) is 0 Å². The Balaban J connectivity index is 2.72. The zero-order valence-electron chi connectivity index (χ0n) is 11.7. The highest BCUT2D eigenvalue weighted by Crippen LogP contribution is 2.19. The summed E-state index contributed by atoms with van der Waals surface area (Å²) in [5.74, 6) is 0.0494. The third kappa shape index (κ3) is 3.62. The van der Waals surface area contributed by atoms with E-state index in [1.54, 1.807) is 0 Å². The number of ether oxygens (including phenoxy) is 1. The summed E-state index contributed by atoms with van der Waals surface area (Å²) in [5, 5.41) is 2.63. The predicted octanol–water partition coefficient (Wildman–Crippen LogP) is 1.77. The maximum Gasteiger partial charge on any atom is 0.407 e. The van der Waals surface area contributed by atoms with Crippen molar-refractivity contribution in [1.29, 1.82) is 0 Å². The topological polar surface area (TPSA) is 58.6 Å². The van der Waals surface area contributed by atoms with Gasteiger partial charge in [-0.1, -0.05) is 13.8 Å². The van der Waals surface area contributed by atoms with Crippen molar-refractivity contribution in [3.8, 4) is 0 Å². The molecule has 0 aromatic heterocycles. The fraction of sp³-hybridized carbons (Fsp3) is 0.846. The molecule has 2 atom stereocenters.